The average Bonchev–Trinajstić information content (AvgIpc) is 2.88. The van der Waals surface area contributed by atoms with Gasteiger partial charge in [-0.2, -0.15) is 0 Å². The van der Waals surface area contributed by atoms with Crippen molar-refractivity contribution in [3.63, 3.8) is 0 Å². The lowest BCUT2D eigenvalue weighted by molar-refractivity contribution is -0.137. The first-order valence-corrected chi connectivity index (χ1v) is 8.40. The minimum Gasteiger partial charge on any atom is -0.451 e. The van der Waals surface area contributed by atoms with Gasteiger partial charge in [0.05, 0.1) is 11.6 Å². The molecule has 0 aliphatic rings. The molecule has 0 saturated heterocycles. The van der Waals surface area contributed by atoms with E-state index in [4.69, 9.17) is 27.9 Å². The predicted molar refractivity (Wildman–Crippen MR) is 93.8 cm³/mol. The van der Waals surface area contributed by atoms with Crippen molar-refractivity contribution in [3.8, 4) is 0 Å². The molecule has 1 aromatic carbocycles. The van der Waals surface area contributed by atoms with Gasteiger partial charge in [-0.1, -0.05) is 29.3 Å². The summed E-state index contributed by atoms with van der Waals surface area (Å²) >= 11 is 13.2. The summed E-state index contributed by atoms with van der Waals surface area (Å²) in [5.74, 6) is -1.51. The van der Waals surface area contributed by atoms with Crippen LogP contribution in [0, 0.1) is 0 Å². The van der Waals surface area contributed by atoms with Crippen LogP contribution < -0.4 is 5.32 Å². The smallest absolute Gasteiger partial charge is 0.350 e. The van der Waals surface area contributed by atoms with Gasteiger partial charge >= 0.3 is 5.97 Å². The van der Waals surface area contributed by atoms with Gasteiger partial charge in [-0.25, -0.2) is 4.79 Å². The van der Waals surface area contributed by atoms with E-state index < -0.39 is 18.5 Å². The summed E-state index contributed by atoms with van der Waals surface area (Å²) in [6.45, 7) is -0.591. The van der Waals surface area contributed by atoms with Crippen molar-refractivity contribution >= 4 is 62.4 Å². The molecular formula is C15H14Cl2N2O4S. The summed E-state index contributed by atoms with van der Waals surface area (Å²) < 4.78 is 5.75. The molecular weight excluding hydrogens is 375 g/mol. The Hall–Kier alpha value is -1.83. The SMILES string of the molecule is CNC(=O)CN(C)C(=O)COC(=O)c1sc2cc(Cl)ccc2c1Cl. The van der Waals surface area contributed by atoms with E-state index in [1.54, 1.807) is 18.2 Å². The van der Waals surface area contributed by atoms with Gasteiger partial charge in [0.2, 0.25) is 5.91 Å². The average molecular weight is 389 g/mol. The monoisotopic (exact) mass is 388 g/mol. The standard InChI is InChI=1S/C15H14Cl2N2O4S/c1-18-11(20)6-19(2)12(21)7-23-15(22)14-13(17)9-4-3-8(16)5-10(9)24-14/h3-5H,6-7H2,1-2H3,(H,18,20). The highest BCUT2D eigenvalue weighted by molar-refractivity contribution is 7.21. The van der Waals surface area contributed by atoms with Crippen LogP contribution in [-0.4, -0.2) is 49.9 Å². The van der Waals surface area contributed by atoms with Crippen molar-refractivity contribution in [2.45, 2.75) is 0 Å². The second kappa shape index (κ2) is 7.83. The maximum Gasteiger partial charge on any atom is 0.350 e. The number of carbonyl (C=O) groups excluding carboxylic acids is 3. The van der Waals surface area contributed by atoms with Crippen molar-refractivity contribution in [2.24, 2.45) is 0 Å². The third-order valence-electron chi connectivity index (χ3n) is 3.19. The fourth-order valence-electron chi connectivity index (χ4n) is 1.86. The highest BCUT2D eigenvalue weighted by Crippen LogP contribution is 2.37. The lowest BCUT2D eigenvalue weighted by atomic mass is 10.2. The molecule has 6 nitrogen and oxygen atoms in total. The summed E-state index contributed by atoms with van der Waals surface area (Å²) in [5, 5.41) is 3.90. The van der Waals surface area contributed by atoms with Gasteiger partial charge in [0, 0.05) is 29.2 Å². The number of fused-ring (bicyclic) bond motifs is 1. The lowest BCUT2D eigenvalue weighted by Gasteiger charge is -2.15. The quantitative estimate of drug-likeness (QED) is 0.798. The number of hydrogen-bond acceptors (Lipinski definition) is 5. The molecule has 0 saturated carbocycles. The topological polar surface area (TPSA) is 75.7 Å². The van der Waals surface area contributed by atoms with Crippen LogP contribution in [0.3, 0.4) is 0 Å². The van der Waals surface area contributed by atoms with Crippen molar-refractivity contribution in [1.29, 1.82) is 0 Å². The molecule has 0 aliphatic heterocycles. The Labute approximate surface area is 152 Å². The van der Waals surface area contributed by atoms with Crippen molar-refractivity contribution in [3.05, 3.63) is 33.1 Å². The molecule has 0 atom stereocenters. The summed E-state index contributed by atoms with van der Waals surface area (Å²) in [6, 6.07) is 5.09. The highest BCUT2D eigenvalue weighted by atomic mass is 35.5. The van der Waals surface area contributed by atoms with Gasteiger partial charge in [-0.05, 0) is 12.1 Å². The Morgan fingerprint density at radius 3 is 2.67 bits per heavy atom. The zero-order valence-corrected chi connectivity index (χ0v) is 15.2. The Kier molecular flexibility index (Phi) is 6.04. The van der Waals surface area contributed by atoms with Gasteiger partial charge in [0.25, 0.3) is 5.91 Å². The van der Waals surface area contributed by atoms with Crippen LogP contribution >= 0.6 is 34.5 Å². The van der Waals surface area contributed by atoms with Gasteiger partial charge < -0.3 is 15.0 Å². The molecule has 0 bridgehead atoms. The van der Waals surface area contributed by atoms with Crippen LogP contribution in [0.15, 0.2) is 18.2 Å². The predicted octanol–water partition coefficient (Wildman–Crippen LogP) is 2.57. The fraction of sp³-hybridized carbons (Fsp3) is 0.267. The van der Waals surface area contributed by atoms with Crippen LogP contribution in [0.4, 0.5) is 0 Å². The van der Waals surface area contributed by atoms with Gasteiger partial charge in [0.15, 0.2) is 6.61 Å². The molecule has 1 aromatic heterocycles. The van der Waals surface area contributed by atoms with E-state index in [-0.39, 0.29) is 22.4 Å². The lowest BCUT2D eigenvalue weighted by Crippen LogP contribution is -2.39. The number of likely N-dealkylation sites (N-methyl/N-ethyl adjacent to an activating group) is 2. The van der Waals surface area contributed by atoms with Gasteiger partial charge in [-0.3, -0.25) is 9.59 Å². The molecule has 9 heteroatoms. The second-order valence-electron chi connectivity index (χ2n) is 4.88. The first kappa shape index (κ1) is 18.5. The summed E-state index contributed by atoms with van der Waals surface area (Å²) in [6.07, 6.45) is 0. The molecule has 2 rings (SSSR count). The number of nitrogens with zero attached hydrogens (tertiary/aromatic N) is 1. The van der Waals surface area contributed by atoms with Crippen molar-refractivity contribution in [2.75, 3.05) is 27.2 Å². The molecule has 0 radical (unpaired) electrons. The molecule has 0 aliphatic carbocycles. The van der Waals surface area contributed by atoms with Crippen molar-refractivity contribution in [1.82, 2.24) is 10.2 Å². The first-order valence-electron chi connectivity index (χ1n) is 6.82. The van der Waals surface area contributed by atoms with Gasteiger partial charge in [0.1, 0.15) is 4.88 Å². The third-order valence-corrected chi connectivity index (χ3v) is 5.06. The molecule has 1 heterocycles. The maximum atomic E-state index is 12.1. The molecule has 0 fully saturated rings. The van der Waals surface area contributed by atoms with E-state index in [0.717, 1.165) is 16.0 Å². The fourth-order valence-corrected chi connectivity index (χ4v) is 3.53. The zero-order valence-electron chi connectivity index (χ0n) is 12.9. The molecule has 24 heavy (non-hydrogen) atoms. The van der Waals surface area contributed by atoms with E-state index in [0.29, 0.717) is 10.4 Å². The van der Waals surface area contributed by atoms with E-state index in [1.165, 1.54) is 19.0 Å². The number of ether oxygens (including phenoxy) is 1. The molecule has 2 amide bonds. The molecule has 0 spiro atoms. The third kappa shape index (κ3) is 4.17. The largest absolute Gasteiger partial charge is 0.451 e. The van der Waals surface area contributed by atoms with Crippen LogP contribution in [0.1, 0.15) is 9.67 Å². The van der Waals surface area contributed by atoms with Crippen LogP contribution in [-0.2, 0) is 14.3 Å². The van der Waals surface area contributed by atoms with E-state index in [1.807, 2.05) is 0 Å². The Bertz CT molecular complexity index is 806. The number of amides is 2. The Balaban J connectivity index is 2.04. The van der Waals surface area contributed by atoms with Crippen LogP contribution in [0.25, 0.3) is 10.1 Å². The van der Waals surface area contributed by atoms with E-state index in [2.05, 4.69) is 5.32 Å². The number of nitrogens with one attached hydrogen (secondary N) is 1. The Morgan fingerprint density at radius 1 is 1.29 bits per heavy atom. The minimum atomic E-state index is -0.695. The number of esters is 1. The summed E-state index contributed by atoms with van der Waals surface area (Å²) in [7, 11) is 2.91. The number of hydrogen-bond donors (Lipinski definition) is 1. The molecule has 2 aromatic rings. The molecule has 128 valence electrons. The Morgan fingerprint density at radius 2 is 2.00 bits per heavy atom. The number of halogens is 2. The number of thiophene rings is 1. The highest BCUT2D eigenvalue weighted by Gasteiger charge is 2.21. The molecule has 0 unspecified atom stereocenters. The van der Waals surface area contributed by atoms with Gasteiger partial charge in [-0.15, -0.1) is 11.3 Å². The zero-order chi connectivity index (χ0) is 17.9. The number of rotatable bonds is 5. The van der Waals surface area contributed by atoms with Crippen LogP contribution in [0.2, 0.25) is 10.0 Å². The summed E-state index contributed by atoms with van der Waals surface area (Å²) in [4.78, 5) is 36.6. The van der Waals surface area contributed by atoms with Crippen LogP contribution in [0.5, 0.6) is 0 Å². The maximum absolute atomic E-state index is 12.1. The minimum absolute atomic E-state index is 0.116. The normalized spacial score (nSPS) is 10.5. The summed E-state index contributed by atoms with van der Waals surface area (Å²) in [5.41, 5.74) is 0. The van der Waals surface area contributed by atoms with E-state index in [9.17, 15) is 14.4 Å². The number of carbonyl (C=O) groups is 3. The number of benzene rings is 1. The van der Waals surface area contributed by atoms with E-state index >= 15 is 0 Å². The molecule has 1 N–H and O–H groups in total. The first-order chi connectivity index (χ1) is 11.3. The van der Waals surface area contributed by atoms with Crippen molar-refractivity contribution < 1.29 is 19.1 Å². The second-order valence-corrected chi connectivity index (χ2v) is 6.75.